The lowest BCUT2D eigenvalue weighted by Gasteiger charge is -2.11. The molecule has 0 saturated heterocycles. The highest BCUT2D eigenvalue weighted by molar-refractivity contribution is 7.89. The predicted octanol–water partition coefficient (Wildman–Crippen LogP) is 0.937. The van der Waals surface area contributed by atoms with Crippen LogP contribution in [0.5, 0.6) is 0 Å². The summed E-state index contributed by atoms with van der Waals surface area (Å²) in [7, 11) is -2.17. The van der Waals surface area contributed by atoms with Crippen LogP contribution in [0.4, 0.5) is 5.69 Å². The van der Waals surface area contributed by atoms with Crippen LogP contribution in [0.15, 0.2) is 29.2 Å². The molecule has 0 aliphatic carbocycles. The summed E-state index contributed by atoms with van der Waals surface area (Å²) in [5.74, 6) is -0.368. The van der Waals surface area contributed by atoms with Crippen molar-refractivity contribution in [1.82, 2.24) is 9.78 Å². The SMILES string of the molecule is Cc1cc(C(=O)Nc2cccc(S(N)(=O)=O)c2C)n(C)n1. The third-order valence-corrected chi connectivity index (χ3v) is 4.13. The number of hydrogen-bond acceptors (Lipinski definition) is 4. The van der Waals surface area contributed by atoms with Gasteiger partial charge in [-0.2, -0.15) is 5.10 Å². The maximum atomic E-state index is 12.2. The molecule has 1 aromatic carbocycles. The maximum absolute atomic E-state index is 12.2. The Morgan fingerprint density at radius 3 is 2.52 bits per heavy atom. The summed E-state index contributed by atoms with van der Waals surface area (Å²) in [4.78, 5) is 12.2. The molecule has 3 N–H and O–H groups in total. The maximum Gasteiger partial charge on any atom is 0.273 e. The van der Waals surface area contributed by atoms with Gasteiger partial charge in [0.05, 0.1) is 10.6 Å². The zero-order valence-corrected chi connectivity index (χ0v) is 12.7. The van der Waals surface area contributed by atoms with E-state index in [0.29, 0.717) is 16.9 Å². The Labute approximate surface area is 122 Å². The number of nitrogens with one attached hydrogen (secondary N) is 1. The van der Waals surface area contributed by atoms with Gasteiger partial charge in [-0.15, -0.1) is 0 Å². The van der Waals surface area contributed by atoms with Gasteiger partial charge in [-0.25, -0.2) is 13.6 Å². The molecule has 0 radical (unpaired) electrons. The lowest BCUT2D eigenvalue weighted by molar-refractivity contribution is 0.101. The van der Waals surface area contributed by atoms with Crippen LogP contribution in [0.3, 0.4) is 0 Å². The van der Waals surface area contributed by atoms with Gasteiger partial charge in [0.25, 0.3) is 5.91 Å². The number of aryl methyl sites for hydroxylation is 2. The third-order valence-electron chi connectivity index (χ3n) is 3.07. The summed E-state index contributed by atoms with van der Waals surface area (Å²) < 4.78 is 24.4. The van der Waals surface area contributed by atoms with Crippen LogP contribution in [-0.4, -0.2) is 24.1 Å². The standard InChI is InChI=1S/C13H16N4O3S/c1-8-7-11(17(3)16-8)13(18)15-10-5-4-6-12(9(10)2)21(14,19)20/h4-7H,1-3H3,(H,15,18)(H2,14,19,20). The molecule has 8 heteroatoms. The van der Waals surface area contributed by atoms with E-state index in [4.69, 9.17) is 5.14 Å². The van der Waals surface area contributed by atoms with Gasteiger partial charge in [-0.3, -0.25) is 9.48 Å². The van der Waals surface area contributed by atoms with Crippen LogP contribution in [0.2, 0.25) is 0 Å². The van der Waals surface area contributed by atoms with E-state index in [2.05, 4.69) is 10.4 Å². The number of nitrogens with two attached hydrogens (primary N) is 1. The van der Waals surface area contributed by atoms with Crippen molar-refractivity contribution in [2.24, 2.45) is 12.2 Å². The summed E-state index contributed by atoms with van der Waals surface area (Å²) in [6.45, 7) is 3.37. The molecule has 2 rings (SSSR count). The first-order chi connectivity index (χ1) is 9.70. The molecule has 1 heterocycles. The number of anilines is 1. The van der Waals surface area contributed by atoms with Crippen molar-refractivity contribution in [2.75, 3.05) is 5.32 Å². The summed E-state index contributed by atoms with van der Waals surface area (Å²) in [6, 6.07) is 6.19. The topological polar surface area (TPSA) is 107 Å². The number of hydrogen-bond donors (Lipinski definition) is 2. The Kier molecular flexibility index (Phi) is 3.84. The summed E-state index contributed by atoms with van der Waals surface area (Å²) in [5, 5.41) is 11.9. The number of amides is 1. The van der Waals surface area contributed by atoms with E-state index in [0.717, 1.165) is 5.69 Å². The van der Waals surface area contributed by atoms with Crippen molar-refractivity contribution < 1.29 is 13.2 Å². The van der Waals surface area contributed by atoms with Crippen LogP contribution < -0.4 is 10.5 Å². The Hall–Kier alpha value is -2.19. The number of rotatable bonds is 3. The average molecular weight is 308 g/mol. The van der Waals surface area contributed by atoms with Gasteiger partial charge in [-0.05, 0) is 37.6 Å². The van der Waals surface area contributed by atoms with Gasteiger partial charge < -0.3 is 5.32 Å². The minimum Gasteiger partial charge on any atom is -0.320 e. The van der Waals surface area contributed by atoms with E-state index in [1.807, 2.05) is 0 Å². The highest BCUT2D eigenvalue weighted by Crippen LogP contribution is 2.22. The minimum atomic E-state index is -3.83. The largest absolute Gasteiger partial charge is 0.320 e. The molecule has 0 aliphatic heterocycles. The van der Waals surface area contributed by atoms with Gasteiger partial charge in [-0.1, -0.05) is 6.07 Å². The van der Waals surface area contributed by atoms with Crippen LogP contribution >= 0.6 is 0 Å². The van der Waals surface area contributed by atoms with Gasteiger partial charge in [0, 0.05) is 12.7 Å². The lowest BCUT2D eigenvalue weighted by atomic mass is 10.2. The normalized spacial score (nSPS) is 11.4. The first-order valence-electron chi connectivity index (χ1n) is 6.14. The van der Waals surface area contributed by atoms with E-state index >= 15 is 0 Å². The van der Waals surface area contributed by atoms with Gasteiger partial charge in [0.2, 0.25) is 10.0 Å². The Balaban J connectivity index is 2.37. The molecule has 1 aromatic heterocycles. The fourth-order valence-electron chi connectivity index (χ4n) is 2.07. The van der Waals surface area contributed by atoms with Crippen molar-refractivity contribution in [3.8, 4) is 0 Å². The molecule has 0 atom stereocenters. The second kappa shape index (κ2) is 5.30. The zero-order valence-electron chi connectivity index (χ0n) is 11.9. The van der Waals surface area contributed by atoms with E-state index in [1.165, 1.54) is 16.8 Å². The second-order valence-electron chi connectivity index (χ2n) is 4.72. The van der Waals surface area contributed by atoms with Crippen molar-refractivity contribution in [2.45, 2.75) is 18.7 Å². The number of aromatic nitrogens is 2. The number of primary sulfonamides is 1. The molecule has 0 fully saturated rings. The summed E-state index contributed by atoms with van der Waals surface area (Å²) in [6.07, 6.45) is 0. The first kappa shape index (κ1) is 15.2. The highest BCUT2D eigenvalue weighted by Gasteiger charge is 2.17. The fraction of sp³-hybridized carbons (Fsp3) is 0.231. The fourth-order valence-corrected chi connectivity index (χ4v) is 2.87. The van der Waals surface area contributed by atoms with Gasteiger partial charge in [0.15, 0.2) is 0 Å². The van der Waals surface area contributed by atoms with E-state index in [9.17, 15) is 13.2 Å². The zero-order chi connectivity index (χ0) is 15.8. The number of carbonyl (C=O) groups excluding carboxylic acids is 1. The minimum absolute atomic E-state index is 0.0125. The van der Waals surface area contributed by atoms with Crippen LogP contribution in [0.1, 0.15) is 21.7 Å². The number of carbonyl (C=O) groups is 1. The summed E-state index contributed by atoms with van der Waals surface area (Å²) in [5.41, 5.74) is 1.89. The van der Waals surface area contributed by atoms with Crippen molar-refractivity contribution >= 4 is 21.6 Å². The molecule has 0 spiro atoms. The molecule has 7 nitrogen and oxygen atoms in total. The Morgan fingerprint density at radius 2 is 2.00 bits per heavy atom. The smallest absolute Gasteiger partial charge is 0.273 e. The van der Waals surface area contributed by atoms with Crippen LogP contribution in [0, 0.1) is 13.8 Å². The third kappa shape index (κ3) is 3.11. The van der Waals surface area contributed by atoms with Crippen molar-refractivity contribution in [1.29, 1.82) is 0 Å². The highest BCUT2D eigenvalue weighted by atomic mass is 32.2. The Morgan fingerprint density at radius 1 is 1.33 bits per heavy atom. The second-order valence-corrected chi connectivity index (χ2v) is 6.25. The molecule has 0 saturated carbocycles. The molecule has 112 valence electrons. The Bertz CT molecular complexity index is 809. The van der Waals surface area contributed by atoms with Crippen molar-refractivity contribution in [3.05, 3.63) is 41.2 Å². The number of sulfonamides is 1. The molecule has 0 bridgehead atoms. The quantitative estimate of drug-likeness (QED) is 0.879. The number of nitrogens with zero attached hydrogens (tertiary/aromatic N) is 2. The first-order valence-corrected chi connectivity index (χ1v) is 7.69. The molecule has 21 heavy (non-hydrogen) atoms. The molecule has 1 amide bonds. The van der Waals surface area contributed by atoms with E-state index < -0.39 is 10.0 Å². The van der Waals surface area contributed by atoms with Gasteiger partial charge >= 0.3 is 0 Å². The average Bonchev–Trinajstić information content (AvgIpc) is 2.69. The summed E-state index contributed by atoms with van der Waals surface area (Å²) >= 11 is 0. The van der Waals surface area contributed by atoms with E-state index in [-0.39, 0.29) is 10.8 Å². The van der Waals surface area contributed by atoms with Crippen LogP contribution in [0.25, 0.3) is 0 Å². The molecular formula is C13H16N4O3S. The molecular weight excluding hydrogens is 292 g/mol. The van der Waals surface area contributed by atoms with Crippen LogP contribution in [-0.2, 0) is 17.1 Å². The monoisotopic (exact) mass is 308 g/mol. The lowest BCUT2D eigenvalue weighted by Crippen LogP contribution is -2.18. The molecule has 0 unspecified atom stereocenters. The molecule has 0 aliphatic rings. The predicted molar refractivity (Wildman–Crippen MR) is 78.5 cm³/mol. The van der Waals surface area contributed by atoms with E-state index in [1.54, 1.807) is 33.0 Å². The molecule has 2 aromatic rings. The van der Waals surface area contributed by atoms with Gasteiger partial charge in [0.1, 0.15) is 5.69 Å². The van der Waals surface area contributed by atoms with Crippen molar-refractivity contribution in [3.63, 3.8) is 0 Å². The number of benzene rings is 1.